The van der Waals surface area contributed by atoms with Gasteiger partial charge in [-0.3, -0.25) is 0 Å². The first-order valence-electron chi connectivity index (χ1n) is 9.26. The van der Waals surface area contributed by atoms with Crippen LogP contribution in [0.2, 0.25) is 5.02 Å². The molecule has 4 rings (SSSR count). The number of carbonyl (C=O) groups excluding carboxylic acids is 1. The molecule has 144 valence electrons. The molecule has 0 bridgehead atoms. The molecular weight excluding hydrogens is 402 g/mol. The Morgan fingerprint density at radius 2 is 1.90 bits per heavy atom. The quantitative estimate of drug-likeness (QED) is 0.301. The fourth-order valence-electron chi connectivity index (χ4n) is 3.12. The lowest BCUT2D eigenvalue weighted by Crippen LogP contribution is -2.12. The van der Waals surface area contributed by atoms with E-state index >= 15 is 0 Å². The zero-order valence-corrected chi connectivity index (χ0v) is 17.4. The maximum atomic E-state index is 12.5. The molecule has 0 saturated heterocycles. The number of hydrogen-bond donors (Lipinski definition) is 0. The third-order valence-corrected chi connectivity index (χ3v) is 5.63. The number of nitrogens with zero attached hydrogens (tertiary/aromatic N) is 1. The van der Waals surface area contributed by atoms with Gasteiger partial charge in [0.25, 0.3) is 0 Å². The van der Waals surface area contributed by atoms with Crippen LogP contribution in [0.25, 0.3) is 10.2 Å². The first-order chi connectivity index (χ1) is 14.1. The van der Waals surface area contributed by atoms with Gasteiger partial charge in [0.05, 0.1) is 21.7 Å². The molecule has 0 amide bonds. The van der Waals surface area contributed by atoms with Crippen molar-refractivity contribution in [2.45, 2.75) is 13.5 Å². The zero-order chi connectivity index (χ0) is 20.2. The Labute approximate surface area is 178 Å². The SMILES string of the molecule is CCOC(=O)c1cc2sc(C#Cc3ccccc3)cc2n1Cc1cccc(Cl)c1. The summed E-state index contributed by atoms with van der Waals surface area (Å²) < 4.78 is 8.24. The Hall–Kier alpha value is -3.00. The van der Waals surface area contributed by atoms with Gasteiger partial charge in [-0.1, -0.05) is 53.8 Å². The van der Waals surface area contributed by atoms with Crippen LogP contribution < -0.4 is 0 Å². The smallest absolute Gasteiger partial charge is 0.355 e. The second kappa shape index (κ2) is 8.57. The molecule has 0 spiro atoms. The normalized spacial score (nSPS) is 10.6. The van der Waals surface area contributed by atoms with Gasteiger partial charge in [0.15, 0.2) is 0 Å². The minimum absolute atomic E-state index is 0.324. The second-order valence-corrected chi connectivity index (χ2v) is 7.96. The van der Waals surface area contributed by atoms with Crippen LogP contribution in [0, 0.1) is 11.8 Å². The molecule has 0 unspecified atom stereocenters. The van der Waals surface area contributed by atoms with Crippen molar-refractivity contribution in [3.05, 3.63) is 93.5 Å². The summed E-state index contributed by atoms with van der Waals surface area (Å²) in [7, 11) is 0. The summed E-state index contributed by atoms with van der Waals surface area (Å²) in [6.45, 7) is 2.67. The number of aromatic nitrogens is 1. The van der Waals surface area contributed by atoms with E-state index in [1.807, 2.05) is 78.2 Å². The summed E-state index contributed by atoms with van der Waals surface area (Å²) in [5.41, 5.74) is 3.49. The van der Waals surface area contributed by atoms with E-state index in [1.54, 1.807) is 11.3 Å². The third kappa shape index (κ3) is 4.37. The van der Waals surface area contributed by atoms with E-state index in [4.69, 9.17) is 16.3 Å². The van der Waals surface area contributed by atoms with Gasteiger partial charge >= 0.3 is 5.97 Å². The maximum absolute atomic E-state index is 12.5. The average Bonchev–Trinajstić information content (AvgIpc) is 3.26. The summed E-state index contributed by atoms with van der Waals surface area (Å²) in [5, 5.41) is 0.670. The highest BCUT2D eigenvalue weighted by Gasteiger charge is 2.19. The largest absolute Gasteiger partial charge is 0.461 e. The molecule has 3 nitrogen and oxygen atoms in total. The van der Waals surface area contributed by atoms with Crippen LogP contribution in [0.3, 0.4) is 0 Å². The Bertz CT molecular complexity index is 1230. The van der Waals surface area contributed by atoms with Crippen molar-refractivity contribution < 1.29 is 9.53 Å². The first-order valence-corrected chi connectivity index (χ1v) is 10.4. The lowest BCUT2D eigenvalue weighted by atomic mass is 10.2. The van der Waals surface area contributed by atoms with Crippen molar-refractivity contribution in [2.24, 2.45) is 0 Å². The lowest BCUT2D eigenvalue weighted by Gasteiger charge is -2.10. The van der Waals surface area contributed by atoms with Crippen LogP contribution in [-0.4, -0.2) is 17.1 Å². The topological polar surface area (TPSA) is 31.2 Å². The fourth-order valence-corrected chi connectivity index (χ4v) is 4.29. The van der Waals surface area contributed by atoms with Gasteiger partial charge in [0.2, 0.25) is 0 Å². The van der Waals surface area contributed by atoms with Crippen LogP contribution in [0.1, 0.15) is 33.4 Å². The lowest BCUT2D eigenvalue weighted by molar-refractivity contribution is 0.0515. The number of fused-ring (bicyclic) bond motifs is 1. The number of ether oxygens (including phenoxy) is 1. The van der Waals surface area contributed by atoms with Crippen LogP contribution >= 0.6 is 22.9 Å². The summed E-state index contributed by atoms with van der Waals surface area (Å²) in [4.78, 5) is 13.4. The molecule has 0 aliphatic carbocycles. The highest BCUT2D eigenvalue weighted by Crippen LogP contribution is 2.30. The molecule has 0 atom stereocenters. The van der Waals surface area contributed by atoms with Gasteiger partial charge in [0, 0.05) is 17.1 Å². The van der Waals surface area contributed by atoms with Crippen LogP contribution in [0.15, 0.2) is 66.7 Å². The Morgan fingerprint density at radius 3 is 2.66 bits per heavy atom. The van der Waals surface area contributed by atoms with Gasteiger partial charge in [-0.15, -0.1) is 11.3 Å². The highest BCUT2D eigenvalue weighted by atomic mass is 35.5. The van der Waals surface area contributed by atoms with Gasteiger partial charge in [0.1, 0.15) is 5.69 Å². The van der Waals surface area contributed by atoms with Gasteiger partial charge < -0.3 is 9.30 Å². The minimum atomic E-state index is -0.324. The molecule has 4 aromatic rings. The first kappa shape index (κ1) is 19.3. The molecule has 0 aliphatic rings. The van der Waals surface area contributed by atoms with Gasteiger partial charge in [-0.2, -0.15) is 0 Å². The van der Waals surface area contributed by atoms with Gasteiger partial charge in [-0.25, -0.2) is 4.79 Å². The predicted molar refractivity (Wildman–Crippen MR) is 119 cm³/mol. The Balaban J connectivity index is 1.75. The molecule has 0 fully saturated rings. The molecule has 29 heavy (non-hydrogen) atoms. The predicted octanol–water partition coefficient (Wildman–Crippen LogP) is 5.98. The maximum Gasteiger partial charge on any atom is 0.355 e. The molecule has 0 N–H and O–H groups in total. The minimum Gasteiger partial charge on any atom is -0.461 e. The third-order valence-electron chi connectivity index (χ3n) is 4.41. The number of esters is 1. The number of hydrogen-bond acceptors (Lipinski definition) is 3. The van der Waals surface area contributed by atoms with Gasteiger partial charge in [-0.05, 0) is 48.9 Å². The van der Waals surface area contributed by atoms with E-state index in [-0.39, 0.29) is 5.97 Å². The molecule has 5 heteroatoms. The Kier molecular flexibility index (Phi) is 5.71. The molecule has 2 heterocycles. The number of carbonyl (C=O) groups is 1. The zero-order valence-electron chi connectivity index (χ0n) is 15.8. The second-order valence-electron chi connectivity index (χ2n) is 6.44. The summed E-state index contributed by atoms with van der Waals surface area (Å²) >= 11 is 7.71. The van der Waals surface area contributed by atoms with E-state index in [9.17, 15) is 4.79 Å². The Morgan fingerprint density at radius 1 is 1.07 bits per heavy atom. The van der Waals surface area contributed by atoms with E-state index in [1.165, 1.54) is 0 Å². The summed E-state index contributed by atoms with van der Waals surface area (Å²) in [6.07, 6.45) is 0. The molecule has 0 aliphatic heterocycles. The van der Waals surface area contributed by atoms with Crippen molar-refractivity contribution in [1.29, 1.82) is 0 Å². The average molecular weight is 420 g/mol. The van der Waals surface area contributed by atoms with E-state index in [0.717, 1.165) is 26.2 Å². The molecule has 2 aromatic heterocycles. The fraction of sp³-hybridized carbons (Fsp3) is 0.125. The van der Waals surface area contributed by atoms with E-state index in [0.29, 0.717) is 23.9 Å². The summed E-state index contributed by atoms with van der Waals surface area (Å²) in [5.74, 6) is 6.09. The van der Waals surface area contributed by atoms with Crippen molar-refractivity contribution in [3.63, 3.8) is 0 Å². The molecule has 2 aromatic carbocycles. The molecular formula is C24H18ClNO2S. The van der Waals surface area contributed by atoms with Crippen molar-refractivity contribution in [3.8, 4) is 11.8 Å². The molecule has 0 radical (unpaired) electrons. The summed E-state index contributed by atoms with van der Waals surface area (Å²) in [6, 6.07) is 21.5. The standard InChI is InChI=1S/C24H18ClNO2S/c1-2-28-24(27)22-15-23-21(26(22)16-18-9-6-10-19(25)13-18)14-20(29-23)12-11-17-7-4-3-5-8-17/h3-10,13-15H,2,16H2,1H3. The number of thiophene rings is 1. The number of halogens is 1. The molecule has 0 saturated carbocycles. The van der Waals surface area contributed by atoms with E-state index < -0.39 is 0 Å². The van der Waals surface area contributed by atoms with Crippen molar-refractivity contribution >= 4 is 39.1 Å². The monoisotopic (exact) mass is 419 g/mol. The van der Waals surface area contributed by atoms with Crippen molar-refractivity contribution in [1.82, 2.24) is 4.57 Å². The van der Waals surface area contributed by atoms with Crippen LogP contribution in [-0.2, 0) is 11.3 Å². The van der Waals surface area contributed by atoms with Crippen LogP contribution in [0.5, 0.6) is 0 Å². The van der Waals surface area contributed by atoms with Crippen molar-refractivity contribution in [2.75, 3.05) is 6.61 Å². The van der Waals surface area contributed by atoms with Crippen LogP contribution in [0.4, 0.5) is 0 Å². The van der Waals surface area contributed by atoms with E-state index in [2.05, 4.69) is 11.8 Å². The highest BCUT2D eigenvalue weighted by molar-refractivity contribution is 7.19. The number of benzene rings is 2. The number of rotatable bonds is 4.